The Balaban J connectivity index is 2.28. The van der Waals surface area contributed by atoms with Crippen molar-refractivity contribution in [3.05, 3.63) is 29.7 Å². The first-order valence-corrected chi connectivity index (χ1v) is 5.19. The fourth-order valence-electron chi connectivity index (χ4n) is 1.25. The van der Waals surface area contributed by atoms with Crippen LogP contribution in [0.4, 0.5) is 0 Å². The topological polar surface area (TPSA) is 77.8 Å². The monoisotopic (exact) mass is 218 g/mol. The molecule has 0 unspecified atom stereocenters. The number of rotatable bonds is 3. The normalized spacial score (nSPS) is 11.0. The molecule has 0 atom stereocenters. The summed E-state index contributed by atoms with van der Waals surface area (Å²) in [5.41, 5.74) is 7.15. The molecule has 5 heteroatoms. The molecule has 0 saturated heterocycles. The standard InChI is InChI=1S/C11H14N4O/c1-7(2)10-14-11(16-15-10)9-4-3-8(5-12)6-13-9/h3-4,6-7H,5,12H2,1-2H3. The second-order valence-electron chi connectivity index (χ2n) is 3.87. The van der Waals surface area contributed by atoms with Crippen molar-refractivity contribution in [2.45, 2.75) is 26.3 Å². The van der Waals surface area contributed by atoms with Gasteiger partial charge in [0.2, 0.25) is 0 Å². The van der Waals surface area contributed by atoms with Crippen LogP contribution in [0.3, 0.4) is 0 Å². The molecule has 16 heavy (non-hydrogen) atoms. The van der Waals surface area contributed by atoms with E-state index in [1.807, 2.05) is 26.0 Å². The van der Waals surface area contributed by atoms with Gasteiger partial charge in [0.25, 0.3) is 5.89 Å². The van der Waals surface area contributed by atoms with E-state index in [9.17, 15) is 0 Å². The van der Waals surface area contributed by atoms with Gasteiger partial charge in [0.05, 0.1) is 0 Å². The van der Waals surface area contributed by atoms with Gasteiger partial charge in [0, 0.05) is 18.7 Å². The highest BCUT2D eigenvalue weighted by Crippen LogP contribution is 2.17. The van der Waals surface area contributed by atoms with Crippen molar-refractivity contribution in [3.8, 4) is 11.6 Å². The van der Waals surface area contributed by atoms with Crippen LogP contribution in [0.5, 0.6) is 0 Å². The average Bonchev–Trinajstić information content (AvgIpc) is 2.78. The summed E-state index contributed by atoms with van der Waals surface area (Å²) in [5, 5.41) is 3.88. The Morgan fingerprint density at radius 1 is 1.38 bits per heavy atom. The zero-order valence-corrected chi connectivity index (χ0v) is 9.34. The zero-order valence-electron chi connectivity index (χ0n) is 9.34. The highest BCUT2D eigenvalue weighted by atomic mass is 16.5. The summed E-state index contributed by atoms with van der Waals surface area (Å²) in [6.45, 7) is 4.51. The fourth-order valence-corrected chi connectivity index (χ4v) is 1.25. The fraction of sp³-hybridized carbons (Fsp3) is 0.364. The molecule has 2 heterocycles. The number of nitrogens with two attached hydrogens (primary N) is 1. The van der Waals surface area contributed by atoms with Crippen LogP contribution in [-0.4, -0.2) is 15.1 Å². The average molecular weight is 218 g/mol. The van der Waals surface area contributed by atoms with Gasteiger partial charge in [0.15, 0.2) is 5.82 Å². The van der Waals surface area contributed by atoms with Crippen LogP contribution >= 0.6 is 0 Å². The van der Waals surface area contributed by atoms with Gasteiger partial charge >= 0.3 is 0 Å². The Labute approximate surface area is 93.7 Å². The predicted molar refractivity (Wildman–Crippen MR) is 59.5 cm³/mol. The predicted octanol–water partition coefficient (Wildman–Crippen LogP) is 1.71. The van der Waals surface area contributed by atoms with Crippen molar-refractivity contribution in [1.82, 2.24) is 15.1 Å². The van der Waals surface area contributed by atoms with Crippen LogP contribution in [0.25, 0.3) is 11.6 Å². The van der Waals surface area contributed by atoms with Gasteiger partial charge in [-0.1, -0.05) is 25.1 Å². The van der Waals surface area contributed by atoms with E-state index >= 15 is 0 Å². The van der Waals surface area contributed by atoms with Gasteiger partial charge in [-0.2, -0.15) is 4.98 Å². The third-order valence-electron chi connectivity index (χ3n) is 2.24. The molecule has 2 aromatic heterocycles. The second kappa shape index (κ2) is 4.40. The first-order chi connectivity index (χ1) is 7.70. The van der Waals surface area contributed by atoms with Crippen molar-refractivity contribution in [2.75, 3.05) is 0 Å². The van der Waals surface area contributed by atoms with E-state index in [-0.39, 0.29) is 5.92 Å². The van der Waals surface area contributed by atoms with Crippen LogP contribution in [-0.2, 0) is 6.54 Å². The number of pyridine rings is 1. The molecule has 0 bridgehead atoms. The summed E-state index contributed by atoms with van der Waals surface area (Å²) in [5.74, 6) is 1.40. The number of hydrogen-bond donors (Lipinski definition) is 1. The number of aromatic nitrogens is 3. The largest absolute Gasteiger partial charge is 0.332 e. The third kappa shape index (κ3) is 2.09. The van der Waals surface area contributed by atoms with E-state index in [4.69, 9.17) is 10.3 Å². The molecule has 2 N–H and O–H groups in total. The van der Waals surface area contributed by atoms with Crippen molar-refractivity contribution >= 4 is 0 Å². The van der Waals surface area contributed by atoms with Gasteiger partial charge in [-0.15, -0.1) is 0 Å². The van der Waals surface area contributed by atoms with E-state index in [0.29, 0.717) is 24.0 Å². The first-order valence-electron chi connectivity index (χ1n) is 5.19. The molecule has 0 aliphatic carbocycles. The lowest BCUT2D eigenvalue weighted by Crippen LogP contribution is -1.97. The summed E-state index contributed by atoms with van der Waals surface area (Å²) >= 11 is 0. The molecule has 0 aromatic carbocycles. The smallest absolute Gasteiger partial charge is 0.276 e. The number of nitrogens with zero attached hydrogens (tertiary/aromatic N) is 3. The maximum absolute atomic E-state index is 5.49. The molecule has 0 amide bonds. The Hall–Kier alpha value is -1.75. The third-order valence-corrected chi connectivity index (χ3v) is 2.24. The zero-order chi connectivity index (χ0) is 11.5. The summed E-state index contributed by atoms with van der Waals surface area (Å²) in [6, 6.07) is 3.74. The van der Waals surface area contributed by atoms with E-state index in [1.54, 1.807) is 6.20 Å². The van der Waals surface area contributed by atoms with Crippen molar-refractivity contribution in [3.63, 3.8) is 0 Å². The summed E-state index contributed by atoms with van der Waals surface area (Å²) < 4.78 is 5.13. The van der Waals surface area contributed by atoms with Crippen LogP contribution in [0, 0.1) is 0 Å². The van der Waals surface area contributed by atoms with Gasteiger partial charge < -0.3 is 10.3 Å². The molecular formula is C11H14N4O. The molecule has 0 saturated carbocycles. The highest BCUT2D eigenvalue weighted by Gasteiger charge is 2.11. The maximum atomic E-state index is 5.49. The van der Waals surface area contributed by atoms with Crippen molar-refractivity contribution in [1.29, 1.82) is 0 Å². The lowest BCUT2D eigenvalue weighted by molar-refractivity contribution is 0.418. The Kier molecular flexibility index (Phi) is 2.96. The Bertz CT molecular complexity index is 461. The number of hydrogen-bond acceptors (Lipinski definition) is 5. The van der Waals surface area contributed by atoms with Gasteiger partial charge in [-0.25, -0.2) is 0 Å². The molecule has 0 aliphatic rings. The molecule has 0 fully saturated rings. The molecule has 2 aromatic rings. The van der Waals surface area contributed by atoms with Gasteiger partial charge in [-0.3, -0.25) is 4.98 Å². The lowest BCUT2D eigenvalue weighted by atomic mass is 10.2. The van der Waals surface area contributed by atoms with Crippen LogP contribution in [0.15, 0.2) is 22.9 Å². The molecule has 5 nitrogen and oxygen atoms in total. The SMILES string of the molecule is CC(C)c1noc(-c2ccc(CN)cn2)n1. The second-order valence-corrected chi connectivity index (χ2v) is 3.87. The minimum atomic E-state index is 0.251. The minimum absolute atomic E-state index is 0.251. The quantitative estimate of drug-likeness (QED) is 0.848. The van der Waals surface area contributed by atoms with Crippen molar-refractivity contribution < 1.29 is 4.52 Å². The summed E-state index contributed by atoms with van der Waals surface area (Å²) in [4.78, 5) is 8.48. The van der Waals surface area contributed by atoms with Crippen molar-refractivity contribution in [2.24, 2.45) is 5.73 Å². The molecule has 0 spiro atoms. The Morgan fingerprint density at radius 3 is 2.69 bits per heavy atom. The lowest BCUT2D eigenvalue weighted by Gasteiger charge is -1.96. The van der Waals surface area contributed by atoms with Crippen LogP contribution in [0.1, 0.15) is 31.2 Å². The Morgan fingerprint density at radius 2 is 2.19 bits per heavy atom. The molecule has 0 radical (unpaired) electrons. The molecular weight excluding hydrogens is 204 g/mol. The van der Waals surface area contributed by atoms with Crippen LogP contribution in [0.2, 0.25) is 0 Å². The summed E-state index contributed by atoms with van der Waals surface area (Å²) in [6.07, 6.45) is 1.72. The molecule has 84 valence electrons. The minimum Gasteiger partial charge on any atom is -0.332 e. The first kappa shape index (κ1) is 10.8. The van der Waals surface area contributed by atoms with Crippen LogP contribution < -0.4 is 5.73 Å². The van der Waals surface area contributed by atoms with E-state index in [1.165, 1.54) is 0 Å². The van der Waals surface area contributed by atoms with E-state index in [0.717, 1.165) is 5.56 Å². The van der Waals surface area contributed by atoms with E-state index < -0.39 is 0 Å². The molecule has 0 aliphatic heterocycles. The highest BCUT2D eigenvalue weighted by molar-refractivity contribution is 5.46. The van der Waals surface area contributed by atoms with E-state index in [2.05, 4.69) is 15.1 Å². The maximum Gasteiger partial charge on any atom is 0.276 e. The van der Waals surface area contributed by atoms with Gasteiger partial charge in [0.1, 0.15) is 5.69 Å². The van der Waals surface area contributed by atoms with Gasteiger partial charge in [-0.05, 0) is 11.6 Å². The molecule has 2 rings (SSSR count). The summed E-state index contributed by atoms with van der Waals surface area (Å²) in [7, 11) is 0.